The Hall–Kier alpha value is -2.05. The molecule has 0 spiro atoms. The average molecular weight is 548 g/mol. The first-order valence-corrected chi connectivity index (χ1v) is 15.7. The summed E-state index contributed by atoms with van der Waals surface area (Å²) in [7, 11) is -1.39. The van der Waals surface area contributed by atoms with Gasteiger partial charge in [-0.3, -0.25) is 14.4 Å². The molecule has 210 valence electrons. The second kappa shape index (κ2) is 12.0. The van der Waals surface area contributed by atoms with Crippen molar-refractivity contribution in [1.29, 1.82) is 0 Å². The van der Waals surface area contributed by atoms with Crippen LogP contribution >= 0.6 is 0 Å². The minimum Gasteiger partial charge on any atom is -0.379 e. The molecule has 11 heteroatoms. The van der Waals surface area contributed by atoms with Gasteiger partial charge in [0.25, 0.3) is 0 Å². The highest BCUT2D eigenvalue weighted by Crippen LogP contribution is 2.35. The number of carbonyl (C=O) groups excluding carboxylic acids is 1. The number of fused-ring (bicyclic) bond motifs is 1. The molecule has 0 radical (unpaired) electrons. The molecule has 1 amide bonds. The number of nitrogens with one attached hydrogen (secondary N) is 1. The van der Waals surface area contributed by atoms with E-state index in [2.05, 4.69) is 32.9 Å². The number of aryl methyl sites for hydroxylation is 1. The van der Waals surface area contributed by atoms with Gasteiger partial charge in [-0.25, -0.2) is 13.1 Å². The van der Waals surface area contributed by atoms with E-state index in [0.717, 1.165) is 44.3 Å². The number of hydrogen-bond donors (Lipinski definition) is 1. The van der Waals surface area contributed by atoms with Crippen molar-refractivity contribution in [2.45, 2.75) is 50.2 Å². The van der Waals surface area contributed by atoms with E-state index in [4.69, 9.17) is 9.47 Å². The zero-order chi connectivity index (χ0) is 26.7. The Labute approximate surface area is 225 Å². The molecule has 3 aliphatic rings. The van der Waals surface area contributed by atoms with Crippen LogP contribution in [0.5, 0.6) is 0 Å². The van der Waals surface area contributed by atoms with E-state index in [9.17, 15) is 13.2 Å². The summed E-state index contributed by atoms with van der Waals surface area (Å²) in [6.45, 7) is 4.75. The fourth-order valence-corrected chi connectivity index (χ4v) is 7.03. The Balaban J connectivity index is 1.15. The summed E-state index contributed by atoms with van der Waals surface area (Å²) in [6, 6.07) is 6.42. The molecule has 1 saturated carbocycles. The fourth-order valence-electron chi connectivity index (χ4n) is 6.17. The largest absolute Gasteiger partial charge is 0.379 e. The zero-order valence-electron chi connectivity index (χ0n) is 22.5. The van der Waals surface area contributed by atoms with Crippen molar-refractivity contribution < 1.29 is 22.7 Å². The summed E-state index contributed by atoms with van der Waals surface area (Å²) in [5, 5.41) is 5.54. The number of benzene rings is 1. The lowest BCUT2D eigenvalue weighted by molar-refractivity contribution is -0.136. The van der Waals surface area contributed by atoms with Crippen LogP contribution in [0.15, 0.2) is 24.4 Å². The smallest absolute Gasteiger partial charge is 0.236 e. The third-order valence-electron chi connectivity index (χ3n) is 8.38. The molecule has 10 nitrogen and oxygen atoms in total. The summed E-state index contributed by atoms with van der Waals surface area (Å²) >= 11 is 0. The van der Waals surface area contributed by atoms with Crippen LogP contribution in [0.25, 0.3) is 10.9 Å². The van der Waals surface area contributed by atoms with E-state index in [-0.39, 0.29) is 24.0 Å². The molecule has 2 aliphatic heterocycles. The van der Waals surface area contributed by atoms with Crippen molar-refractivity contribution in [3.63, 3.8) is 0 Å². The zero-order valence-corrected chi connectivity index (χ0v) is 23.4. The molecule has 5 rings (SSSR count). The van der Waals surface area contributed by atoms with Gasteiger partial charge in [0.1, 0.15) is 0 Å². The van der Waals surface area contributed by atoms with E-state index in [0.29, 0.717) is 51.8 Å². The second-order valence-electron chi connectivity index (χ2n) is 11.2. The lowest BCUT2D eigenvalue weighted by atomic mass is 9.82. The first-order chi connectivity index (χ1) is 18.2. The Kier molecular flexibility index (Phi) is 8.69. The van der Waals surface area contributed by atoms with Gasteiger partial charge >= 0.3 is 0 Å². The van der Waals surface area contributed by atoms with Crippen molar-refractivity contribution in [3.8, 4) is 0 Å². The maximum atomic E-state index is 13.0. The van der Waals surface area contributed by atoms with Crippen LogP contribution in [-0.2, 0) is 31.3 Å². The van der Waals surface area contributed by atoms with Crippen LogP contribution in [-0.4, -0.2) is 105 Å². The molecule has 2 atom stereocenters. The second-order valence-corrected chi connectivity index (χ2v) is 12.9. The number of aromatic nitrogens is 2. The molecule has 1 aromatic carbocycles. The highest BCUT2D eigenvalue weighted by molar-refractivity contribution is 7.88. The number of likely N-dealkylation sites (tertiary alicyclic amines) is 1. The van der Waals surface area contributed by atoms with Gasteiger partial charge in [0.05, 0.1) is 50.4 Å². The maximum absolute atomic E-state index is 13.0. The molecule has 3 fully saturated rings. The lowest BCUT2D eigenvalue weighted by Crippen LogP contribution is -2.55. The molecular weight excluding hydrogens is 506 g/mol. The Bertz CT molecular complexity index is 1200. The van der Waals surface area contributed by atoms with Crippen LogP contribution in [0, 0.1) is 5.92 Å². The topological polar surface area (TPSA) is 106 Å². The predicted octanol–water partition coefficient (Wildman–Crippen LogP) is 1.71. The minimum absolute atomic E-state index is 0.0715. The maximum Gasteiger partial charge on any atom is 0.236 e. The van der Waals surface area contributed by atoms with Gasteiger partial charge in [-0.2, -0.15) is 5.10 Å². The Morgan fingerprint density at radius 3 is 2.63 bits per heavy atom. The summed E-state index contributed by atoms with van der Waals surface area (Å²) < 4.78 is 40.5. The van der Waals surface area contributed by atoms with E-state index in [1.54, 1.807) is 0 Å². The number of nitrogens with zero attached hydrogens (tertiary/aromatic N) is 4. The van der Waals surface area contributed by atoms with Gasteiger partial charge in [-0.1, -0.05) is 6.07 Å². The fraction of sp³-hybridized carbons (Fsp3) is 0.704. The average Bonchev–Trinajstić information content (AvgIpc) is 3.28. The number of rotatable bonds is 8. The number of piperidine rings is 1. The van der Waals surface area contributed by atoms with Crippen LogP contribution < -0.4 is 4.72 Å². The van der Waals surface area contributed by atoms with Crippen molar-refractivity contribution in [2.75, 3.05) is 58.8 Å². The SMILES string of the molecule is Cn1ncc2cc(C3CCC(OC[C@@H]4CN(C(=O)CN5CCOCC5)CCC4NS(C)(=O)=O)CC3)ccc21. The number of ether oxygens (including phenoxy) is 2. The highest BCUT2D eigenvalue weighted by Gasteiger charge is 2.35. The van der Waals surface area contributed by atoms with Gasteiger partial charge in [-0.15, -0.1) is 0 Å². The number of amides is 1. The van der Waals surface area contributed by atoms with Crippen LogP contribution in [0.2, 0.25) is 0 Å². The molecule has 1 N–H and O–H groups in total. The third kappa shape index (κ3) is 6.93. The van der Waals surface area contributed by atoms with Crippen molar-refractivity contribution in [1.82, 2.24) is 24.3 Å². The Morgan fingerprint density at radius 2 is 1.89 bits per heavy atom. The number of hydrogen-bond acceptors (Lipinski definition) is 7. The minimum atomic E-state index is -3.35. The van der Waals surface area contributed by atoms with Gasteiger partial charge in [0.2, 0.25) is 15.9 Å². The highest BCUT2D eigenvalue weighted by atomic mass is 32.2. The first-order valence-electron chi connectivity index (χ1n) is 13.8. The van der Waals surface area contributed by atoms with Gasteiger partial charge < -0.3 is 14.4 Å². The molecule has 3 heterocycles. The van der Waals surface area contributed by atoms with E-state index in [1.807, 2.05) is 22.8 Å². The van der Waals surface area contributed by atoms with Crippen LogP contribution in [0.4, 0.5) is 0 Å². The third-order valence-corrected chi connectivity index (χ3v) is 9.11. The molecule has 1 unspecified atom stereocenters. The van der Waals surface area contributed by atoms with E-state index >= 15 is 0 Å². The summed E-state index contributed by atoms with van der Waals surface area (Å²) in [6.07, 6.45) is 7.97. The number of sulfonamides is 1. The normalized spacial score (nSPS) is 27.6. The molecule has 1 aromatic heterocycles. The quantitative estimate of drug-likeness (QED) is 0.536. The van der Waals surface area contributed by atoms with E-state index < -0.39 is 10.0 Å². The lowest BCUT2D eigenvalue weighted by Gasteiger charge is -2.40. The summed E-state index contributed by atoms with van der Waals surface area (Å²) in [5.74, 6) is 0.542. The van der Waals surface area contributed by atoms with Crippen molar-refractivity contribution in [2.24, 2.45) is 13.0 Å². The van der Waals surface area contributed by atoms with Gasteiger partial charge in [0, 0.05) is 50.6 Å². The molecule has 1 aliphatic carbocycles. The predicted molar refractivity (Wildman–Crippen MR) is 145 cm³/mol. The molecule has 38 heavy (non-hydrogen) atoms. The Morgan fingerprint density at radius 1 is 1.13 bits per heavy atom. The summed E-state index contributed by atoms with van der Waals surface area (Å²) in [5.41, 5.74) is 2.51. The number of carbonyl (C=O) groups is 1. The molecule has 2 saturated heterocycles. The first kappa shape index (κ1) is 27.5. The standard InChI is InChI=1S/C27H41N5O5S/c1-30-26-8-5-21(15-22(26)16-28-30)20-3-6-24(7-4-20)37-19-23-17-32(10-9-25(23)29-38(2,34)35)27(33)18-31-11-13-36-14-12-31/h5,8,15-16,20,23-25,29H,3-4,6-7,9-14,17-19H2,1-2H3/t20?,23-,24?,25?/m0/s1. The summed E-state index contributed by atoms with van der Waals surface area (Å²) in [4.78, 5) is 17.0. The van der Waals surface area contributed by atoms with Crippen molar-refractivity contribution in [3.05, 3.63) is 30.0 Å². The van der Waals surface area contributed by atoms with Gasteiger partial charge in [0.15, 0.2) is 0 Å². The number of morpholine rings is 1. The van der Waals surface area contributed by atoms with Crippen LogP contribution in [0.3, 0.4) is 0 Å². The molecular formula is C27H41N5O5S. The molecule has 2 aromatic rings. The van der Waals surface area contributed by atoms with Crippen LogP contribution in [0.1, 0.15) is 43.6 Å². The van der Waals surface area contributed by atoms with Crippen molar-refractivity contribution >= 4 is 26.8 Å². The van der Waals surface area contributed by atoms with E-state index in [1.165, 1.54) is 17.2 Å². The monoisotopic (exact) mass is 547 g/mol. The van der Waals surface area contributed by atoms with Gasteiger partial charge in [-0.05, 0) is 55.7 Å². The molecule has 0 bridgehead atoms.